The highest BCUT2D eigenvalue weighted by molar-refractivity contribution is 5.89. The van der Waals surface area contributed by atoms with Gasteiger partial charge in [-0.1, -0.05) is 6.07 Å². The summed E-state index contributed by atoms with van der Waals surface area (Å²) in [4.78, 5) is 29.8. The lowest BCUT2D eigenvalue weighted by molar-refractivity contribution is -0.137. The van der Waals surface area contributed by atoms with Gasteiger partial charge in [-0.25, -0.2) is 9.78 Å². The molecule has 9 heteroatoms. The molecule has 0 spiro atoms. The van der Waals surface area contributed by atoms with Crippen LogP contribution in [-0.2, 0) is 16.1 Å². The van der Waals surface area contributed by atoms with E-state index in [-0.39, 0.29) is 18.5 Å². The molecule has 3 amide bonds. The maximum Gasteiger partial charge on any atom is 0.319 e. The molecule has 1 saturated heterocycles. The topological polar surface area (TPSA) is 97.7 Å². The van der Waals surface area contributed by atoms with Crippen molar-refractivity contribution in [3.8, 4) is 5.75 Å². The van der Waals surface area contributed by atoms with Gasteiger partial charge in [-0.15, -0.1) is 0 Å². The molecule has 2 heterocycles. The molecule has 2 N–H and O–H groups in total. The molecule has 28 heavy (non-hydrogen) atoms. The second-order valence-electron chi connectivity index (χ2n) is 6.34. The third kappa shape index (κ3) is 6.27. The fraction of sp³-hybridized carbons (Fsp3) is 0.421. The van der Waals surface area contributed by atoms with Gasteiger partial charge in [-0.05, 0) is 18.6 Å². The third-order valence-corrected chi connectivity index (χ3v) is 4.26. The molecule has 0 aliphatic carbocycles. The minimum Gasteiger partial charge on any atom is -0.484 e. The van der Waals surface area contributed by atoms with E-state index in [4.69, 9.17) is 9.47 Å². The van der Waals surface area contributed by atoms with Crippen LogP contribution in [0.4, 0.5) is 10.5 Å². The highest BCUT2D eigenvalue weighted by Gasteiger charge is 2.17. The van der Waals surface area contributed by atoms with Crippen molar-refractivity contribution in [2.45, 2.75) is 13.0 Å². The number of benzene rings is 1. The Hall–Kier alpha value is -3.07. The average Bonchev–Trinajstić information content (AvgIpc) is 3.24. The van der Waals surface area contributed by atoms with Gasteiger partial charge in [0.1, 0.15) is 5.75 Å². The number of ether oxygens (including phenoxy) is 2. The molecule has 1 aliphatic heterocycles. The quantitative estimate of drug-likeness (QED) is 0.666. The first-order valence-corrected chi connectivity index (χ1v) is 9.30. The number of nitrogens with one attached hydrogen (secondary N) is 2. The number of carbonyl (C=O) groups is 2. The number of hydrogen-bond donors (Lipinski definition) is 2. The fourth-order valence-corrected chi connectivity index (χ4v) is 2.77. The van der Waals surface area contributed by atoms with E-state index in [0.717, 1.165) is 13.0 Å². The van der Waals surface area contributed by atoms with Crippen molar-refractivity contribution >= 4 is 17.6 Å². The summed E-state index contributed by atoms with van der Waals surface area (Å²) in [6.45, 7) is 3.60. The minimum absolute atomic E-state index is 0.0378. The van der Waals surface area contributed by atoms with Crippen LogP contribution < -0.4 is 15.4 Å². The molecule has 0 saturated carbocycles. The van der Waals surface area contributed by atoms with Crippen molar-refractivity contribution in [1.29, 1.82) is 0 Å². The number of morpholine rings is 1. The SMILES string of the molecule is O=C(NCCCn1ccnc1)Nc1cccc(OCC(=O)N2CCOCC2)c1. The monoisotopic (exact) mass is 387 g/mol. The Labute approximate surface area is 163 Å². The zero-order valence-corrected chi connectivity index (χ0v) is 15.7. The number of nitrogens with zero attached hydrogens (tertiary/aromatic N) is 3. The van der Waals surface area contributed by atoms with Gasteiger partial charge in [-0.2, -0.15) is 0 Å². The number of rotatable bonds is 8. The molecule has 1 aromatic carbocycles. The van der Waals surface area contributed by atoms with E-state index in [1.807, 2.05) is 10.8 Å². The Balaban J connectivity index is 1.38. The zero-order chi connectivity index (χ0) is 19.6. The maximum atomic E-state index is 12.1. The molecule has 0 bridgehead atoms. The summed E-state index contributed by atoms with van der Waals surface area (Å²) in [5.41, 5.74) is 0.600. The number of aryl methyl sites for hydroxylation is 1. The molecule has 9 nitrogen and oxygen atoms in total. The molecule has 1 aliphatic rings. The van der Waals surface area contributed by atoms with Crippen LogP contribution in [0.1, 0.15) is 6.42 Å². The van der Waals surface area contributed by atoms with E-state index in [9.17, 15) is 9.59 Å². The van der Waals surface area contributed by atoms with Crippen molar-refractivity contribution in [2.75, 3.05) is 44.8 Å². The van der Waals surface area contributed by atoms with Crippen LogP contribution in [0.5, 0.6) is 5.75 Å². The highest BCUT2D eigenvalue weighted by atomic mass is 16.5. The van der Waals surface area contributed by atoms with Crippen molar-refractivity contribution in [3.63, 3.8) is 0 Å². The van der Waals surface area contributed by atoms with Crippen molar-refractivity contribution < 1.29 is 19.1 Å². The number of hydrogen-bond acceptors (Lipinski definition) is 5. The summed E-state index contributed by atoms with van der Waals surface area (Å²) < 4.78 is 12.8. The standard InChI is InChI=1S/C19H25N5O4/c25-18(24-9-11-27-12-10-24)14-28-17-4-1-3-16(13-17)22-19(26)21-5-2-7-23-8-6-20-15-23/h1,3-4,6,8,13,15H,2,5,7,9-12,14H2,(H2,21,22,26). The van der Waals surface area contributed by atoms with Crippen LogP contribution in [-0.4, -0.2) is 65.8 Å². The van der Waals surface area contributed by atoms with E-state index < -0.39 is 0 Å². The van der Waals surface area contributed by atoms with Gasteiger partial charge in [0.15, 0.2) is 6.61 Å². The Bertz CT molecular complexity index is 759. The van der Waals surface area contributed by atoms with Gasteiger partial charge in [-0.3, -0.25) is 4.79 Å². The molecule has 2 aromatic rings. The Morgan fingerprint density at radius 1 is 1.25 bits per heavy atom. The Morgan fingerprint density at radius 2 is 2.11 bits per heavy atom. The molecule has 3 rings (SSSR count). The number of anilines is 1. The molecule has 1 fully saturated rings. The lowest BCUT2D eigenvalue weighted by Gasteiger charge is -2.26. The zero-order valence-electron chi connectivity index (χ0n) is 15.7. The maximum absolute atomic E-state index is 12.1. The summed E-state index contributed by atoms with van der Waals surface area (Å²) >= 11 is 0. The number of carbonyl (C=O) groups excluding carboxylic acids is 2. The second-order valence-corrected chi connectivity index (χ2v) is 6.34. The predicted molar refractivity (Wildman–Crippen MR) is 103 cm³/mol. The number of aromatic nitrogens is 2. The summed E-state index contributed by atoms with van der Waals surface area (Å²) in [6.07, 6.45) is 6.16. The first-order valence-electron chi connectivity index (χ1n) is 9.30. The fourth-order valence-electron chi connectivity index (χ4n) is 2.77. The van der Waals surface area contributed by atoms with E-state index >= 15 is 0 Å². The van der Waals surface area contributed by atoms with Gasteiger partial charge in [0, 0.05) is 50.3 Å². The lowest BCUT2D eigenvalue weighted by Crippen LogP contribution is -2.42. The van der Waals surface area contributed by atoms with Crippen LogP contribution in [0.2, 0.25) is 0 Å². The van der Waals surface area contributed by atoms with E-state index in [1.165, 1.54) is 0 Å². The number of imidazole rings is 1. The predicted octanol–water partition coefficient (Wildman–Crippen LogP) is 1.33. The van der Waals surface area contributed by atoms with Crippen molar-refractivity contribution in [2.24, 2.45) is 0 Å². The molecule has 0 atom stereocenters. The first-order chi connectivity index (χ1) is 13.7. The summed E-state index contributed by atoms with van der Waals surface area (Å²) in [7, 11) is 0. The molecule has 0 radical (unpaired) electrons. The minimum atomic E-state index is -0.285. The Kier molecular flexibility index (Phi) is 7.25. The van der Waals surface area contributed by atoms with Crippen LogP contribution in [0.15, 0.2) is 43.0 Å². The Morgan fingerprint density at radius 3 is 2.89 bits per heavy atom. The molecular formula is C19H25N5O4. The normalized spacial score (nSPS) is 13.8. The summed E-state index contributed by atoms with van der Waals surface area (Å²) in [6, 6.07) is 6.69. The van der Waals surface area contributed by atoms with Crippen LogP contribution >= 0.6 is 0 Å². The molecule has 150 valence electrons. The van der Waals surface area contributed by atoms with Gasteiger partial charge < -0.3 is 29.6 Å². The van der Waals surface area contributed by atoms with Crippen LogP contribution in [0.3, 0.4) is 0 Å². The largest absolute Gasteiger partial charge is 0.484 e. The summed E-state index contributed by atoms with van der Waals surface area (Å²) in [5.74, 6) is 0.455. The summed E-state index contributed by atoms with van der Waals surface area (Å²) in [5, 5.41) is 5.57. The van der Waals surface area contributed by atoms with E-state index in [2.05, 4.69) is 15.6 Å². The van der Waals surface area contributed by atoms with Crippen LogP contribution in [0.25, 0.3) is 0 Å². The lowest BCUT2D eigenvalue weighted by atomic mass is 10.3. The second kappa shape index (κ2) is 10.3. The molecule has 0 unspecified atom stereocenters. The molecule has 1 aromatic heterocycles. The van der Waals surface area contributed by atoms with Crippen LogP contribution in [0, 0.1) is 0 Å². The highest BCUT2D eigenvalue weighted by Crippen LogP contribution is 2.17. The van der Waals surface area contributed by atoms with Crippen molar-refractivity contribution in [1.82, 2.24) is 19.8 Å². The third-order valence-electron chi connectivity index (χ3n) is 4.26. The number of amides is 3. The van der Waals surface area contributed by atoms with Gasteiger partial charge in [0.05, 0.1) is 19.5 Å². The molecular weight excluding hydrogens is 362 g/mol. The van der Waals surface area contributed by atoms with Gasteiger partial charge in [0.25, 0.3) is 5.91 Å². The number of urea groups is 1. The average molecular weight is 387 g/mol. The van der Waals surface area contributed by atoms with Gasteiger partial charge >= 0.3 is 6.03 Å². The van der Waals surface area contributed by atoms with E-state index in [1.54, 1.807) is 41.7 Å². The first kappa shape index (κ1) is 19.7. The van der Waals surface area contributed by atoms with Crippen molar-refractivity contribution in [3.05, 3.63) is 43.0 Å². The van der Waals surface area contributed by atoms with Gasteiger partial charge in [0.2, 0.25) is 0 Å². The van der Waals surface area contributed by atoms with E-state index in [0.29, 0.717) is 44.3 Å². The smallest absolute Gasteiger partial charge is 0.319 e.